The van der Waals surface area contributed by atoms with E-state index in [-0.39, 0.29) is 69.2 Å². The molecule has 460 valence electrons. The number of hydrogen-bond donors (Lipinski definition) is 7. The first kappa shape index (κ1) is 66.7. The van der Waals surface area contributed by atoms with E-state index >= 15 is 0 Å². The summed E-state index contributed by atoms with van der Waals surface area (Å²) in [6.07, 6.45) is 0.123. The maximum absolute atomic E-state index is 14.4. The fourth-order valence-electron chi connectivity index (χ4n) is 10.4. The molecule has 0 saturated carbocycles. The zero-order valence-electron chi connectivity index (χ0n) is 49.2. The van der Waals surface area contributed by atoms with Crippen LogP contribution < -0.4 is 31.0 Å². The third-order valence-corrected chi connectivity index (χ3v) is 18.1. The zero-order chi connectivity index (χ0) is 60.8. The summed E-state index contributed by atoms with van der Waals surface area (Å²) in [6.45, 7) is 8.82. The monoisotopic (exact) mass is 1200 g/mol. The highest BCUT2D eigenvalue weighted by molar-refractivity contribution is 7.55. The number of aliphatic hydroxyl groups is 1. The van der Waals surface area contributed by atoms with E-state index in [9.17, 15) is 43.6 Å². The molecule has 2 aromatic carbocycles. The number of anilines is 1. The predicted octanol–water partition coefficient (Wildman–Crippen LogP) is 4.76. The Balaban J connectivity index is 1.01. The first-order valence-corrected chi connectivity index (χ1v) is 30.0. The number of esters is 1. The number of carbonyl (C=O) groups is 5. The van der Waals surface area contributed by atoms with Crippen molar-refractivity contribution in [2.24, 2.45) is 5.92 Å². The Morgan fingerprint density at radius 3 is 2.48 bits per heavy atom. The van der Waals surface area contributed by atoms with Crippen LogP contribution in [0.2, 0.25) is 5.02 Å². The second-order valence-corrected chi connectivity index (χ2v) is 24.4. The average Bonchev–Trinajstić information content (AvgIpc) is 2.15. The molecular formula is C57H84ClN8O16P. The number of rotatable bonds is 27. The summed E-state index contributed by atoms with van der Waals surface area (Å²) in [7, 11) is 5.25. The molecule has 2 saturated heterocycles. The van der Waals surface area contributed by atoms with Gasteiger partial charge >= 0.3 is 18.0 Å². The van der Waals surface area contributed by atoms with Crippen LogP contribution in [0, 0.1) is 5.92 Å². The van der Waals surface area contributed by atoms with Crippen molar-refractivity contribution in [2.75, 3.05) is 93.0 Å². The van der Waals surface area contributed by atoms with Crippen molar-refractivity contribution in [3.8, 4) is 5.75 Å². The van der Waals surface area contributed by atoms with Crippen LogP contribution in [0.15, 0.2) is 66.3 Å². The fraction of sp³-hybridized carbons (Fsp3) is 0.596. The van der Waals surface area contributed by atoms with Crippen LogP contribution in [0.5, 0.6) is 5.75 Å². The minimum absolute atomic E-state index is 0.0867. The number of aliphatic carboxylic acids is 1. The number of aromatic nitrogens is 1. The van der Waals surface area contributed by atoms with Gasteiger partial charge in [-0.3, -0.25) is 34.5 Å². The molecule has 4 bridgehead atoms. The van der Waals surface area contributed by atoms with Gasteiger partial charge < -0.3 is 68.4 Å². The van der Waals surface area contributed by atoms with Crippen LogP contribution in [-0.4, -0.2) is 195 Å². The van der Waals surface area contributed by atoms with Crippen molar-refractivity contribution in [1.29, 1.82) is 0 Å². The number of hydrogen-bond acceptors (Lipinski definition) is 17. The Hall–Kier alpha value is -5.47. The van der Waals surface area contributed by atoms with Crippen LogP contribution in [0.1, 0.15) is 71.1 Å². The molecule has 3 aromatic rings. The average molecular weight is 1200 g/mol. The number of methoxy groups -OCH3 is 2. The number of fused-ring (bicyclic) bond motifs is 6. The van der Waals surface area contributed by atoms with E-state index < -0.39 is 91.6 Å². The molecule has 2 fully saturated rings. The van der Waals surface area contributed by atoms with Gasteiger partial charge in [0.15, 0.2) is 5.72 Å². The number of alkyl carbamates (subject to hydrolysis) is 1. The van der Waals surface area contributed by atoms with Gasteiger partial charge in [-0.05, 0) is 82.9 Å². The Labute approximate surface area is 490 Å². The second-order valence-electron chi connectivity index (χ2n) is 21.7. The maximum atomic E-state index is 14.4. The SMILES string of the molecule is CNN(C)Cc1cc2ccccc2n1CCC(=O)N[C@@H](CCC(=O)O)CNCCOCCOCCP(=O)(O)N(C)[C@@H](C)C(=O)O[C@H]1CC(=O)N(C)c2cc(cc(OC)c2Cl)C/C(C)=C/C=C/[C@@H](OC)[C@@]2(O)C[C@H](OC(=O)N2)[C@@H](C)[C@@H]2O[C@@]12C. The number of aryl methyl sites for hydroxylation is 1. The van der Waals surface area contributed by atoms with E-state index in [4.69, 9.17) is 44.8 Å². The number of ether oxygens (including phenoxy) is 7. The molecule has 1 unspecified atom stereocenters. The lowest BCUT2D eigenvalue weighted by atomic mass is 9.83. The number of allylic oxidation sites excluding steroid dienone is 3. The normalized spacial score (nSPS) is 25.6. The molecule has 24 nitrogen and oxygen atoms in total. The lowest BCUT2D eigenvalue weighted by Gasteiger charge is -2.42. The number of nitrogens with zero attached hydrogens (tertiary/aromatic N) is 4. The Morgan fingerprint density at radius 1 is 1.06 bits per heavy atom. The number of halogens is 1. The van der Waals surface area contributed by atoms with Crippen molar-refractivity contribution in [3.05, 3.63) is 82.5 Å². The van der Waals surface area contributed by atoms with Gasteiger partial charge in [-0.15, -0.1) is 0 Å². The molecule has 0 radical (unpaired) electrons. The second kappa shape index (κ2) is 30.1. The molecule has 3 amide bonds. The van der Waals surface area contributed by atoms with E-state index in [0.29, 0.717) is 44.0 Å². The smallest absolute Gasteiger partial charge is 0.409 e. The lowest BCUT2D eigenvalue weighted by Crippen LogP contribution is -2.63. The van der Waals surface area contributed by atoms with Crippen LogP contribution >= 0.6 is 19.1 Å². The highest BCUT2D eigenvalue weighted by atomic mass is 35.5. The largest absolute Gasteiger partial charge is 0.495 e. The van der Waals surface area contributed by atoms with Gasteiger partial charge in [0.2, 0.25) is 11.8 Å². The molecule has 6 rings (SSSR count). The topological polar surface area (TPSA) is 294 Å². The number of para-hydroxylation sites is 1. The van der Waals surface area contributed by atoms with Crippen molar-refractivity contribution in [2.45, 2.75) is 127 Å². The van der Waals surface area contributed by atoms with Crippen molar-refractivity contribution >= 4 is 65.6 Å². The molecule has 0 spiro atoms. The number of epoxide rings is 1. The van der Waals surface area contributed by atoms with Gasteiger partial charge in [0, 0.05) is 83.3 Å². The summed E-state index contributed by atoms with van der Waals surface area (Å²) >= 11 is 6.82. The van der Waals surface area contributed by atoms with Crippen molar-refractivity contribution in [3.63, 3.8) is 0 Å². The van der Waals surface area contributed by atoms with Gasteiger partial charge in [-0.1, -0.05) is 60.5 Å². The quantitative estimate of drug-likeness (QED) is 0.0178. The molecule has 10 atom stereocenters. The molecule has 4 heterocycles. The number of hydrazine groups is 1. The third kappa shape index (κ3) is 17.8. The van der Waals surface area contributed by atoms with Crippen molar-refractivity contribution < 1.29 is 76.8 Å². The lowest BCUT2D eigenvalue weighted by molar-refractivity contribution is -0.157. The Bertz CT molecular complexity index is 2860. The van der Waals surface area contributed by atoms with E-state index in [1.807, 2.05) is 56.4 Å². The van der Waals surface area contributed by atoms with E-state index in [2.05, 4.69) is 32.0 Å². The summed E-state index contributed by atoms with van der Waals surface area (Å²) in [4.78, 5) is 78.8. The van der Waals surface area contributed by atoms with Gasteiger partial charge in [0.1, 0.15) is 40.7 Å². The predicted molar refractivity (Wildman–Crippen MR) is 311 cm³/mol. The maximum Gasteiger partial charge on any atom is 0.409 e. The van der Waals surface area contributed by atoms with E-state index in [0.717, 1.165) is 32.4 Å². The van der Waals surface area contributed by atoms with Crippen LogP contribution in [0.25, 0.3) is 10.9 Å². The van der Waals surface area contributed by atoms with Crippen LogP contribution in [0.3, 0.4) is 0 Å². The summed E-state index contributed by atoms with van der Waals surface area (Å²) in [5.41, 5.74) is 3.89. The summed E-state index contributed by atoms with van der Waals surface area (Å²) in [6, 6.07) is 11.9. The first-order valence-electron chi connectivity index (χ1n) is 27.8. The van der Waals surface area contributed by atoms with Gasteiger partial charge in [0.05, 0.1) is 64.5 Å². The van der Waals surface area contributed by atoms with Crippen LogP contribution in [-0.2, 0) is 71.7 Å². The number of carbonyl (C=O) groups excluding carboxylic acids is 4. The summed E-state index contributed by atoms with van der Waals surface area (Å²) < 4.78 is 57.6. The molecule has 3 aliphatic heterocycles. The highest BCUT2D eigenvalue weighted by Gasteiger charge is 2.64. The zero-order valence-corrected chi connectivity index (χ0v) is 50.8. The molecule has 83 heavy (non-hydrogen) atoms. The molecule has 3 aliphatic rings. The fourth-order valence-corrected chi connectivity index (χ4v) is 12.0. The summed E-state index contributed by atoms with van der Waals surface area (Å²) in [5, 5.41) is 33.1. The molecule has 0 aliphatic carbocycles. The minimum Gasteiger partial charge on any atom is -0.495 e. The third-order valence-electron chi connectivity index (χ3n) is 15.6. The first-order chi connectivity index (χ1) is 39.3. The Kier molecular flexibility index (Phi) is 24.1. The number of benzene rings is 2. The molecule has 26 heteroatoms. The summed E-state index contributed by atoms with van der Waals surface area (Å²) in [5.74, 6) is -2.91. The minimum atomic E-state index is -4.23. The van der Waals surface area contributed by atoms with Gasteiger partial charge in [-0.25, -0.2) is 14.5 Å². The molecule has 7 N–H and O–H groups in total. The number of carboxylic acids is 1. The standard InChI is InChI=1S/C57H84ClN8O16P/c1-36-14-13-17-47(77-10)57(73)33-46(80-55(72)62-57)37(2)53-56(4,82-53)48(32-50(68)64(7)44-29-39(28-36)30-45(76-9)52(44)58)81-54(71)38(3)65(8)83(74,75)27-26-79-25-24-78-23-21-60-34-41(18-19-51(69)70)61-49(67)20-22-66-42(35-63(6)59-5)31-40-15-11-12-16-43(40)66/h11-17,29-31,37-38,41,46-48,53,59-60,73H,18-28,32-35H2,1-10H3,(H,61,67)(H,62,72)(H,69,70)(H,74,75)/b17-13+,36-14+/t37-,38+,41+,46+,47-,48+,53+,56+,57+/m1/s1. The van der Waals surface area contributed by atoms with Gasteiger partial charge in [-0.2, -0.15) is 0 Å². The van der Waals surface area contributed by atoms with E-state index in [1.54, 1.807) is 38.1 Å². The van der Waals surface area contributed by atoms with E-state index in [1.165, 1.54) is 40.1 Å². The molecular weight excluding hydrogens is 1120 g/mol. The number of likely N-dealkylation sites (N-methyl/N-ethyl adjacent to an activating group) is 1. The number of carboxylic acid groups (broad SMARTS) is 1. The van der Waals surface area contributed by atoms with Gasteiger partial charge in [0.25, 0.3) is 7.52 Å². The Morgan fingerprint density at radius 2 is 1.78 bits per heavy atom. The van der Waals surface area contributed by atoms with Crippen LogP contribution in [0.4, 0.5) is 10.5 Å². The van der Waals surface area contributed by atoms with Crippen molar-refractivity contribution in [1.82, 2.24) is 35.6 Å². The number of nitrogens with one attached hydrogen (secondary N) is 4. The molecule has 1 aromatic heterocycles. The number of amides is 3. The highest BCUT2D eigenvalue weighted by Crippen LogP contribution is 2.50.